The van der Waals surface area contributed by atoms with E-state index in [0.717, 1.165) is 56.6 Å². The normalized spacial score (nSPS) is 27.3. The summed E-state index contributed by atoms with van der Waals surface area (Å²) >= 11 is 0. The summed E-state index contributed by atoms with van der Waals surface area (Å²) in [5, 5.41) is 13.8. The van der Waals surface area contributed by atoms with Gasteiger partial charge >= 0.3 is 5.97 Å². The maximum atomic E-state index is 11.8. The Labute approximate surface area is 247 Å². The minimum Gasteiger partial charge on any atom is -0.486 e. The summed E-state index contributed by atoms with van der Waals surface area (Å²) < 4.78 is 20.5. The number of nitrogens with zero attached hydrogens (tertiary/aromatic N) is 6. The van der Waals surface area contributed by atoms with Crippen molar-refractivity contribution in [2.24, 2.45) is 12.5 Å². The van der Waals surface area contributed by atoms with Crippen molar-refractivity contribution < 1.29 is 19.0 Å². The SMILES string of the molecule is COC(=O)c1cccc(OCc2nnc([C@H]3CC[C@H](c4cnn([C@H]5CC[C@H](N6CC7(COC7)C6)CC5)c4)CC3)n2C)c1. The van der Waals surface area contributed by atoms with Crippen LogP contribution in [0.5, 0.6) is 5.75 Å². The average Bonchev–Trinajstić information content (AvgIpc) is 3.62. The Balaban J connectivity index is 0.889. The van der Waals surface area contributed by atoms with Crippen LogP contribution in [0.1, 0.15) is 96.8 Å². The van der Waals surface area contributed by atoms with Gasteiger partial charge in [-0.25, -0.2) is 4.79 Å². The summed E-state index contributed by atoms with van der Waals surface area (Å²) in [5.74, 6) is 2.98. The number of carbonyl (C=O) groups is 1. The molecule has 3 aromatic rings. The van der Waals surface area contributed by atoms with E-state index in [-0.39, 0.29) is 5.97 Å². The van der Waals surface area contributed by atoms with E-state index in [1.807, 2.05) is 13.1 Å². The van der Waals surface area contributed by atoms with Crippen LogP contribution in [-0.2, 0) is 23.1 Å². The highest BCUT2D eigenvalue weighted by atomic mass is 16.5. The zero-order valence-corrected chi connectivity index (χ0v) is 24.8. The van der Waals surface area contributed by atoms with Crippen molar-refractivity contribution in [1.29, 1.82) is 0 Å². The summed E-state index contributed by atoms with van der Waals surface area (Å²) in [4.78, 5) is 14.5. The number of ether oxygens (including phenoxy) is 3. The average molecular weight is 575 g/mol. The number of rotatable bonds is 8. The highest BCUT2D eigenvalue weighted by molar-refractivity contribution is 5.89. The summed E-state index contributed by atoms with van der Waals surface area (Å²) in [6, 6.07) is 8.29. The number of hydrogen-bond donors (Lipinski definition) is 0. The zero-order valence-electron chi connectivity index (χ0n) is 24.8. The van der Waals surface area contributed by atoms with Crippen molar-refractivity contribution in [1.82, 2.24) is 29.4 Å². The molecule has 0 bridgehead atoms. The molecule has 2 aliphatic carbocycles. The molecule has 2 aromatic heterocycles. The molecule has 0 atom stereocenters. The Bertz CT molecular complexity index is 1390. The van der Waals surface area contributed by atoms with Crippen molar-refractivity contribution >= 4 is 5.97 Å². The number of likely N-dealkylation sites (tertiary alicyclic amines) is 1. The van der Waals surface area contributed by atoms with Crippen LogP contribution in [0.2, 0.25) is 0 Å². The molecule has 2 saturated heterocycles. The molecule has 4 aliphatic rings. The van der Waals surface area contributed by atoms with Crippen molar-refractivity contribution in [2.75, 3.05) is 33.4 Å². The molecule has 2 aliphatic heterocycles. The summed E-state index contributed by atoms with van der Waals surface area (Å²) in [7, 11) is 3.39. The summed E-state index contributed by atoms with van der Waals surface area (Å²) in [6.45, 7) is 4.72. The Kier molecular flexibility index (Phi) is 7.52. The molecule has 224 valence electrons. The second kappa shape index (κ2) is 11.4. The zero-order chi connectivity index (χ0) is 28.7. The second-order valence-electron chi connectivity index (χ2n) is 13.0. The molecular formula is C32H42N6O4. The highest BCUT2D eigenvalue weighted by Crippen LogP contribution is 2.43. The van der Waals surface area contributed by atoms with E-state index in [4.69, 9.17) is 19.3 Å². The first-order chi connectivity index (χ1) is 20.5. The predicted octanol–water partition coefficient (Wildman–Crippen LogP) is 4.63. The van der Waals surface area contributed by atoms with Gasteiger partial charge in [0.05, 0.1) is 38.1 Å². The molecule has 0 unspecified atom stereocenters. The lowest BCUT2D eigenvalue weighted by Crippen LogP contribution is -2.68. The lowest BCUT2D eigenvalue weighted by Gasteiger charge is -2.58. The molecule has 0 radical (unpaired) electrons. The molecule has 0 N–H and O–H groups in total. The quantitative estimate of drug-likeness (QED) is 0.359. The highest BCUT2D eigenvalue weighted by Gasteiger charge is 2.50. The first-order valence-electron chi connectivity index (χ1n) is 15.6. The topological polar surface area (TPSA) is 96.5 Å². The molecule has 7 rings (SSSR count). The fraction of sp³-hybridized carbons (Fsp3) is 0.625. The number of esters is 1. The first-order valence-corrected chi connectivity index (χ1v) is 15.6. The first kappa shape index (κ1) is 27.6. The maximum Gasteiger partial charge on any atom is 0.337 e. The molecule has 1 spiro atoms. The largest absolute Gasteiger partial charge is 0.486 e. The van der Waals surface area contributed by atoms with Crippen LogP contribution in [0, 0.1) is 5.41 Å². The van der Waals surface area contributed by atoms with Crippen LogP contribution in [0.15, 0.2) is 36.7 Å². The van der Waals surface area contributed by atoms with E-state index in [9.17, 15) is 4.79 Å². The van der Waals surface area contributed by atoms with E-state index >= 15 is 0 Å². The van der Waals surface area contributed by atoms with Gasteiger partial charge in [0, 0.05) is 43.7 Å². The summed E-state index contributed by atoms with van der Waals surface area (Å²) in [6.07, 6.45) is 14.0. The molecule has 10 nitrogen and oxygen atoms in total. The molecule has 1 aromatic carbocycles. The van der Waals surface area contributed by atoms with Crippen LogP contribution in [0.4, 0.5) is 0 Å². The molecule has 4 heterocycles. The fourth-order valence-corrected chi connectivity index (χ4v) is 7.62. The molecule has 42 heavy (non-hydrogen) atoms. The molecular weight excluding hydrogens is 532 g/mol. The Morgan fingerprint density at radius 2 is 1.74 bits per heavy atom. The predicted molar refractivity (Wildman–Crippen MR) is 155 cm³/mol. The molecule has 10 heteroatoms. The Hall–Kier alpha value is -3.24. The van der Waals surface area contributed by atoms with Crippen molar-refractivity contribution in [3.8, 4) is 5.75 Å². The lowest BCUT2D eigenvalue weighted by atomic mass is 9.75. The van der Waals surface area contributed by atoms with Gasteiger partial charge in [0.15, 0.2) is 5.82 Å². The number of carbonyl (C=O) groups excluding carboxylic acids is 1. The molecule has 2 saturated carbocycles. The Morgan fingerprint density at radius 1 is 1.00 bits per heavy atom. The van der Waals surface area contributed by atoms with E-state index in [1.54, 1.807) is 18.2 Å². The van der Waals surface area contributed by atoms with E-state index in [1.165, 1.54) is 51.4 Å². The third-order valence-corrected chi connectivity index (χ3v) is 10.3. The summed E-state index contributed by atoms with van der Waals surface area (Å²) in [5.41, 5.74) is 2.37. The van der Waals surface area contributed by atoms with Crippen LogP contribution in [0.25, 0.3) is 0 Å². The van der Waals surface area contributed by atoms with Gasteiger partial charge in [-0.1, -0.05) is 6.07 Å². The van der Waals surface area contributed by atoms with Gasteiger partial charge in [-0.3, -0.25) is 9.58 Å². The van der Waals surface area contributed by atoms with Crippen LogP contribution in [0.3, 0.4) is 0 Å². The number of benzene rings is 1. The number of aromatic nitrogens is 5. The van der Waals surface area contributed by atoms with Gasteiger partial charge < -0.3 is 18.8 Å². The maximum absolute atomic E-state index is 11.8. The van der Waals surface area contributed by atoms with E-state index in [0.29, 0.717) is 41.2 Å². The smallest absolute Gasteiger partial charge is 0.337 e. The van der Waals surface area contributed by atoms with Gasteiger partial charge in [0.2, 0.25) is 0 Å². The van der Waals surface area contributed by atoms with Crippen molar-refractivity contribution in [2.45, 2.75) is 81.9 Å². The Morgan fingerprint density at radius 3 is 2.45 bits per heavy atom. The van der Waals surface area contributed by atoms with Crippen LogP contribution >= 0.6 is 0 Å². The van der Waals surface area contributed by atoms with Gasteiger partial charge in [-0.15, -0.1) is 10.2 Å². The minimum atomic E-state index is -0.382. The standard InChI is InChI=1S/C32H42N6O4/c1-36-29(17-42-28-5-3-4-24(14-28)31(39)40-2)34-35-30(36)23-8-6-22(7-9-23)25-15-33-38(16-25)27-12-10-26(11-13-27)37-18-32(19-37)20-41-21-32/h3-5,14-16,22-23,26-27H,6-13,17-21H2,1-2H3/t22-,23-,26-,27-. The third kappa shape index (κ3) is 5.35. The van der Waals surface area contributed by atoms with Crippen LogP contribution < -0.4 is 4.74 Å². The van der Waals surface area contributed by atoms with Crippen molar-refractivity contribution in [3.05, 3.63) is 59.4 Å². The van der Waals surface area contributed by atoms with Crippen LogP contribution in [-0.4, -0.2) is 74.9 Å². The molecule has 0 amide bonds. The lowest BCUT2D eigenvalue weighted by molar-refractivity contribution is -0.200. The number of hydrogen-bond acceptors (Lipinski definition) is 8. The molecule has 4 fully saturated rings. The fourth-order valence-electron chi connectivity index (χ4n) is 7.62. The van der Waals surface area contributed by atoms with Gasteiger partial charge in [0.25, 0.3) is 0 Å². The van der Waals surface area contributed by atoms with Crippen molar-refractivity contribution in [3.63, 3.8) is 0 Å². The van der Waals surface area contributed by atoms with E-state index in [2.05, 4.69) is 36.7 Å². The van der Waals surface area contributed by atoms with Gasteiger partial charge in [-0.05, 0) is 81.0 Å². The second-order valence-corrected chi connectivity index (χ2v) is 13.0. The van der Waals surface area contributed by atoms with Gasteiger partial charge in [-0.2, -0.15) is 5.10 Å². The number of methoxy groups -OCH3 is 1. The van der Waals surface area contributed by atoms with Gasteiger partial charge in [0.1, 0.15) is 18.2 Å². The minimum absolute atomic E-state index is 0.290. The third-order valence-electron chi connectivity index (χ3n) is 10.3. The van der Waals surface area contributed by atoms with E-state index < -0.39 is 0 Å². The monoisotopic (exact) mass is 574 g/mol.